The van der Waals surface area contributed by atoms with Crippen molar-refractivity contribution >= 4 is 33.5 Å². The number of aryl methyl sites for hydroxylation is 1. The van der Waals surface area contributed by atoms with Crippen molar-refractivity contribution in [3.8, 4) is 0 Å². The second-order valence-corrected chi connectivity index (χ2v) is 10.0. The number of rotatable bonds is 9. The molecule has 1 heterocycles. The number of sulfonamides is 1. The SMILES string of the molecule is CC(NC(=O)COC(=O)CCc1ccc(S(=O)(=O)N2CCOCC2)cc1)c1ccc(Cl)cc1. The van der Waals surface area contributed by atoms with Crippen LogP contribution in [0.2, 0.25) is 5.02 Å². The molecule has 10 heteroatoms. The monoisotopic (exact) mass is 494 g/mol. The number of carbonyl (C=O) groups excluding carboxylic acids is 2. The third-order valence-electron chi connectivity index (χ3n) is 5.26. The van der Waals surface area contributed by atoms with Gasteiger partial charge in [-0.25, -0.2) is 8.42 Å². The molecule has 33 heavy (non-hydrogen) atoms. The van der Waals surface area contributed by atoms with Crippen LogP contribution < -0.4 is 5.32 Å². The highest BCUT2D eigenvalue weighted by Crippen LogP contribution is 2.19. The van der Waals surface area contributed by atoms with Crippen LogP contribution in [0.25, 0.3) is 0 Å². The number of amides is 1. The van der Waals surface area contributed by atoms with Crippen molar-refractivity contribution in [3.63, 3.8) is 0 Å². The summed E-state index contributed by atoms with van der Waals surface area (Å²) in [7, 11) is -3.55. The summed E-state index contributed by atoms with van der Waals surface area (Å²) in [6, 6.07) is 13.3. The Morgan fingerprint density at radius 2 is 1.73 bits per heavy atom. The summed E-state index contributed by atoms with van der Waals surface area (Å²) in [4.78, 5) is 24.3. The van der Waals surface area contributed by atoms with Gasteiger partial charge in [0.1, 0.15) is 0 Å². The molecule has 0 spiro atoms. The lowest BCUT2D eigenvalue weighted by Gasteiger charge is -2.26. The van der Waals surface area contributed by atoms with E-state index in [0.29, 0.717) is 37.7 Å². The highest BCUT2D eigenvalue weighted by Gasteiger charge is 2.26. The molecule has 1 aliphatic heterocycles. The average Bonchev–Trinajstić information content (AvgIpc) is 2.82. The molecule has 3 rings (SSSR count). The standard InChI is InChI=1S/C23H27ClN2O6S/c1-17(19-5-7-20(24)8-6-19)25-22(27)16-32-23(28)11-4-18-2-9-21(10-3-18)33(29,30)26-12-14-31-15-13-26/h2-3,5-10,17H,4,11-16H2,1H3,(H,25,27). The molecule has 0 aromatic heterocycles. The maximum absolute atomic E-state index is 12.6. The minimum absolute atomic E-state index is 0.0789. The van der Waals surface area contributed by atoms with Crippen LogP contribution in [0.3, 0.4) is 0 Å². The van der Waals surface area contributed by atoms with Crippen molar-refractivity contribution < 1.29 is 27.5 Å². The van der Waals surface area contributed by atoms with Gasteiger partial charge in [0.2, 0.25) is 10.0 Å². The van der Waals surface area contributed by atoms with Gasteiger partial charge in [0, 0.05) is 24.5 Å². The Balaban J connectivity index is 1.42. The maximum atomic E-state index is 12.6. The molecule has 1 aliphatic rings. The first kappa shape index (κ1) is 25.2. The van der Waals surface area contributed by atoms with Crippen molar-refractivity contribution in [2.75, 3.05) is 32.9 Å². The van der Waals surface area contributed by atoms with Crippen LogP contribution in [-0.2, 0) is 35.5 Å². The van der Waals surface area contributed by atoms with Crippen LogP contribution in [0.15, 0.2) is 53.4 Å². The van der Waals surface area contributed by atoms with Crippen molar-refractivity contribution in [2.24, 2.45) is 0 Å². The summed E-state index contributed by atoms with van der Waals surface area (Å²) >= 11 is 5.86. The zero-order valence-corrected chi connectivity index (χ0v) is 19.9. The van der Waals surface area contributed by atoms with Crippen molar-refractivity contribution in [2.45, 2.75) is 30.7 Å². The maximum Gasteiger partial charge on any atom is 0.306 e. The van der Waals surface area contributed by atoms with Crippen molar-refractivity contribution in [1.29, 1.82) is 0 Å². The van der Waals surface area contributed by atoms with E-state index in [-0.39, 0.29) is 24.0 Å². The van der Waals surface area contributed by atoms with Gasteiger partial charge in [-0.15, -0.1) is 0 Å². The van der Waals surface area contributed by atoms with E-state index in [9.17, 15) is 18.0 Å². The number of nitrogens with one attached hydrogen (secondary N) is 1. The largest absolute Gasteiger partial charge is 0.456 e. The molecular weight excluding hydrogens is 468 g/mol. The normalized spacial score (nSPS) is 15.6. The fraction of sp³-hybridized carbons (Fsp3) is 0.391. The van der Waals surface area contributed by atoms with Crippen LogP contribution in [0, 0.1) is 0 Å². The third kappa shape index (κ3) is 7.26. The molecule has 2 aromatic carbocycles. The van der Waals surface area contributed by atoms with Gasteiger partial charge in [0.25, 0.3) is 5.91 Å². The van der Waals surface area contributed by atoms with E-state index in [2.05, 4.69) is 5.32 Å². The molecule has 178 valence electrons. The zero-order chi connectivity index (χ0) is 23.8. The number of hydrogen-bond donors (Lipinski definition) is 1. The average molecular weight is 495 g/mol. The number of hydrogen-bond acceptors (Lipinski definition) is 6. The van der Waals surface area contributed by atoms with E-state index in [1.807, 2.05) is 19.1 Å². The topological polar surface area (TPSA) is 102 Å². The lowest BCUT2D eigenvalue weighted by molar-refractivity contribution is -0.148. The van der Waals surface area contributed by atoms with Crippen LogP contribution in [0.4, 0.5) is 0 Å². The summed E-state index contributed by atoms with van der Waals surface area (Å²) in [6.45, 7) is 2.90. The molecule has 0 saturated carbocycles. The predicted octanol–water partition coefficient (Wildman–Crippen LogP) is 2.71. The highest BCUT2D eigenvalue weighted by molar-refractivity contribution is 7.89. The van der Waals surface area contributed by atoms with Gasteiger partial charge < -0.3 is 14.8 Å². The Morgan fingerprint density at radius 1 is 1.09 bits per heavy atom. The van der Waals surface area contributed by atoms with Gasteiger partial charge in [-0.1, -0.05) is 35.9 Å². The van der Waals surface area contributed by atoms with Gasteiger partial charge in [-0.3, -0.25) is 9.59 Å². The van der Waals surface area contributed by atoms with E-state index < -0.39 is 21.9 Å². The lowest BCUT2D eigenvalue weighted by Crippen LogP contribution is -2.40. The number of nitrogens with zero attached hydrogens (tertiary/aromatic N) is 1. The Labute approximate surface area is 198 Å². The van der Waals surface area contributed by atoms with E-state index in [0.717, 1.165) is 11.1 Å². The van der Waals surface area contributed by atoms with Gasteiger partial charge >= 0.3 is 5.97 Å². The number of morpholine rings is 1. The molecule has 0 radical (unpaired) electrons. The first-order valence-electron chi connectivity index (χ1n) is 10.6. The van der Waals surface area contributed by atoms with Gasteiger partial charge in [-0.05, 0) is 48.7 Å². The van der Waals surface area contributed by atoms with E-state index in [4.69, 9.17) is 21.1 Å². The molecular formula is C23H27ClN2O6S. The molecule has 1 unspecified atom stereocenters. The Hall–Kier alpha value is -2.46. The summed E-state index contributed by atoms with van der Waals surface area (Å²) < 4.78 is 37.0. The van der Waals surface area contributed by atoms with E-state index in [1.54, 1.807) is 24.3 Å². The van der Waals surface area contributed by atoms with Crippen LogP contribution in [0.1, 0.15) is 30.5 Å². The number of carbonyl (C=O) groups is 2. The van der Waals surface area contributed by atoms with E-state index in [1.165, 1.54) is 16.4 Å². The number of ether oxygens (including phenoxy) is 2. The summed E-state index contributed by atoms with van der Waals surface area (Å²) in [5, 5.41) is 3.37. The molecule has 1 fully saturated rings. The molecule has 1 amide bonds. The van der Waals surface area contributed by atoms with E-state index >= 15 is 0 Å². The predicted molar refractivity (Wildman–Crippen MR) is 123 cm³/mol. The summed E-state index contributed by atoms with van der Waals surface area (Å²) in [5.41, 5.74) is 1.69. The molecule has 1 N–H and O–H groups in total. The second-order valence-electron chi connectivity index (χ2n) is 7.66. The Bertz CT molecular complexity index is 1050. The molecule has 2 aromatic rings. The molecule has 1 saturated heterocycles. The number of halogens is 1. The highest BCUT2D eigenvalue weighted by atomic mass is 35.5. The fourth-order valence-corrected chi connectivity index (χ4v) is 4.88. The van der Waals surface area contributed by atoms with Crippen LogP contribution in [0.5, 0.6) is 0 Å². The second kappa shape index (κ2) is 11.6. The van der Waals surface area contributed by atoms with Gasteiger partial charge in [-0.2, -0.15) is 4.31 Å². The smallest absolute Gasteiger partial charge is 0.306 e. The third-order valence-corrected chi connectivity index (χ3v) is 7.43. The van der Waals surface area contributed by atoms with Gasteiger partial charge in [0.05, 0.1) is 24.2 Å². The van der Waals surface area contributed by atoms with Crippen LogP contribution >= 0.6 is 11.6 Å². The first-order chi connectivity index (χ1) is 15.8. The summed E-state index contributed by atoms with van der Waals surface area (Å²) in [5.74, 6) is -0.905. The number of esters is 1. The first-order valence-corrected chi connectivity index (χ1v) is 12.4. The zero-order valence-electron chi connectivity index (χ0n) is 18.3. The van der Waals surface area contributed by atoms with Crippen molar-refractivity contribution in [1.82, 2.24) is 9.62 Å². The summed E-state index contributed by atoms with van der Waals surface area (Å²) in [6.07, 6.45) is 0.453. The molecule has 0 aliphatic carbocycles. The molecule has 8 nitrogen and oxygen atoms in total. The number of benzene rings is 2. The Kier molecular flexibility index (Phi) is 8.85. The fourth-order valence-electron chi connectivity index (χ4n) is 3.35. The Morgan fingerprint density at radius 3 is 2.36 bits per heavy atom. The van der Waals surface area contributed by atoms with Gasteiger partial charge in [0.15, 0.2) is 6.61 Å². The lowest BCUT2D eigenvalue weighted by atomic mass is 10.1. The molecule has 1 atom stereocenters. The minimum Gasteiger partial charge on any atom is -0.456 e. The molecule has 0 bridgehead atoms. The van der Waals surface area contributed by atoms with Crippen LogP contribution in [-0.4, -0.2) is 57.5 Å². The quantitative estimate of drug-likeness (QED) is 0.538. The van der Waals surface area contributed by atoms with Crippen molar-refractivity contribution in [3.05, 3.63) is 64.7 Å². The minimum atomic E-state index is -3.55.